The van der Waals surface area contributed by atoms with Gasteiger partial charge in [-0.25, -0.2) is 4.79 Å². The predicted molar refractivity (Wildman–Crippen MR) is 62.7 cm³/mol. The van der Waals surface area contributed by atoms with E-state index in [0.717, 1.165) is 6.54 Å². The minimum Gasteiger partial charge on any atom is -0.481 e. The van der Waals surface area contributed by atoms with E-state index in [4.69, 9.17) is 5.11 Å². The summed E-state index contributed by atoms with van der Waals surface area (Å²) >= 11 is 0. The monoisotopic (exact) mass is 240 g/mol. The van der Waals surface area contributed by atoms with Crippen LogP contribution in [-0.4, -0.2) is 53.1 Å². The molecule has 0 radical (unpaired) electrons. The second-order valence-electron chi connectivity index (χ2n) is 5.10. The summed E-state index contributed by atoms with van der Waals surface area (Å²) in [6, 6.07) is 0.411. The van der Waals surface area contributed by atoms with Crippen LogP contribution < -0.4 is 0 Å². The number of carbonyl (C=O) groups is 2. The number of amides is 2. The van der Waals surface area contributed by atoms with Crippen LogP contribution in [0.4, 0.5) is 4.79 Å². The Balaban J connectivity index is 1.83. The lowest BCUT2D eigenvalue weighted by Crippen LogP contribution is -2.39. The second-order valence-corrected chi connectivity index (χ2v) is 5.10. The highest BCUT2D eigenvalue weighted by atomic mass is 16.4. The third-order valence-electron chi connectivity index (χ3n) is 3.99. The van der Waals surface area contributed by atoms with Gasteiger partial charge in [0, 0.05) is 26.6 Å². The fourth-order valence-electron chi connectivity index (χ4n) is 2.69. The molecule has 1 aliphatic carbocycles. The Kier molecular flexibility index (Phi) is 3.54. The lowest BCUT2D eigenvalue weighted by Gasteiger charge is -2.34. The fourth-order valence-corrected chi connectivity index (χ4v) is 2.69. The number of carboxylic acids is 1. The molecule has 5 nitrogen and oxygen atoms in total. The summed E-state index contributed by atoms with van der Waals surface area (Å²) in [5, 5.41) is 8.58. The van der Waals surface area contributed by atoms with Gasteiger partial charge in [0.25, 0.3) is 0 Å². The highest BCUT2D eigenvalue weighted by molar-refractivity contribution is 5.77. The Morgan fingerprint density at radius 1 is 1.47 bits per heavy atom. The molecule has 2 aliphatic rings. The van der Waals surface area contributed by atoms with Gasteiger partial charge in [0.2, 0.25) is 0 Å². The Morgan fingerprint density at radius 2 is 2.18 bits per heavy atom. The summed E-state index contributed by atoms with van der Waals surface area (Å²) in [6.07, 6.45) is 4.42. The molecule has 17 heavy (non-hydrogen) atoms. The lowest BCUT2D eigenvalue weighted by atomic mass is 9.79. The molecule has 0 spiro atoms. The van der Waals surface area contributed by atoms with Crippen molar-refractivity contribution in [3.8, 4) is 0 Å². The van der Waals surface area contributed by atoms with Gasteiger partial charge < -0.3 is 14.9 Å². The van der Waals surface area contributed by atoms with Crippen LogP contribution in [0.3, 0.4) is 0 Å². The largest absolute Gasteiger partial charge is 0.481 e. The number of likely N-dealkylation sites (N-methyl/N-ethyl adjacent to an activating group) is 1. The van der Waals surface area contributed by atoms with E-state index in [1.165, 1.54) is 19.3 Å². The zero-order valence-corrected chi connectivity index (χ0v) is 10.3. The minimum atomic E-state index is -0.791. The molecule has 2 rings (SSSR count). The molecule has 5 heteroatoms. The molecule has 1 unspecified atom stereocenters. The van der Waals surface area contributed by atoms with Crippen LogP contribution in [0, 0.1) is 5.92 Å². The van der Waals surface area contributed by atoms with Crippen LogP contribution in [-0.2, 0) is 4.79 Å². The summed E-state index contributed by atoms with van der Waals surface area (Å²) in [5.41, 5.74) is 0. The molecule has 0 aromatic carbocycles. The topological polar surface area (TPSA) is 60.9 Å². The highest BCUT2D eigenvalue weighted by Crippen LogP contribution is 2.35. The Labute approximate surface area is 101 Å². The van der Waals surface area contributed by atoms with Gasteiger partial charge in [-0.2, -0.15) is 0 Å². The molecule has 1 saturated carbocycles. The molecule has 1 aliphatic heterocycles. The van der Waals surface area contributed by atoms with Gasteiger partial charge in [-0.05, 0) is 25.2 Å². The van der Waals surface area contributed by atoms with Crippen LogP contribution in [0.15, 0.2) is 0 Å². The Bertz CT molecular complexity index is 315. The van der Waals surface area contributed by atoms with Crippen molar-refractivity contribution in [2.24, 2.45) is 5.92 Å². The van der Waals surface area contributed by atoms with Gasteiger partial charge in [0.1, 0.15) is 0 Å². The van der Waals surface area contributed by atoms with E-state index in [9.17, 15) is 9.59 Å². The van der Waals surface area contributed by atoms with Crippen molar-refractivity contribution >= 4 is 12.0 Å². The number of nitrogens with zero attached hydrogens (tertiary/aromatic N) is 2. The summed E-state index contributed by atoms with van der Waals surface area (Å²) in [4.78, 5) is 26.0. The third-order valence-corrected chi connectivity index (χ3v) is 3.99. The van der Waals surface area contributed by atoms with E-state index in [-0.39, 0.29) is 12.5 Å². The molecule has 2 amide bonds. The van der Waals surface area contributed by atoms with E-state index in [2.05, 4.69) is 0 Å². The molecule has 96 valence electrons. The van der Waals surface area contributed by atoms with Crippen molar-refractivity contribution in [3.63, 3.8) is 0 Å². The summed E-state index contributed by atoms with van der Waals surface area (Å²) in [7, 11) is 1.86. The maximum atomic E-state index is 11.9. The fraction of sp³-hybridized carbons (Fsp3) is 0.833. The Hall–Kier alpha value is -1.26. The third kappa shape index (κ3) is 2.53. The first-order valence-corrected chi connectivity index (χ1v) is 6.33. The molecule has 2 fully saturated rings. The molecule has 0 bridgehead atoms. The van der Waals surface area contributed by atoms with Crippen molar-refractivity contribution in [3.05, 3.63) is 0 Å². The number of hydrogen-bond acceptors (Lipinski definition) is 2. The number of urea groups is 1. The average Bonchev–Trinajstić information content (AvgIpc) is 2.44. The van der Waals surface area contributed by atoms with Crippen molar-refractivity contribution in [1.82, 2.24) is 9.80 Å². The van der Waals surface area contributed by atoms with Crippen molar-refractivity contribution in [2.45, 2.75) is 38.1 Å². The average molecular weight is 240 g/mol. The number of rotatable bonds is 5. The van der Waals surface area contributed by atoms with E-state index in [1.54, 1.807) is 4.90 Å². The SMILES string of the molecule is CN1C(=O)N(CCCC(=O)O)CC1C1CCC1. The van der Waals surface area contributed by atoms with Crippen LogP contribution in [0.2, 0.25) is 0 Å². The number of carboxylic acid groups (broad SMARTS) is 1. The van der Waals surface area contributed by atoms with Crippen molar-refractivity contribution in [1.29, 1.82) is 0 Å². The summed E-state index contributed by atoms with van der Waals surface area (Å²) < 4.78 is 0. The van der Waals surface area contributed by atoms with Gasteiger partial charge in [0.15, 0.2) is 0 Å². The molecule has 0 aromatic heterocycles. The molecular weight excluding hydrogens is 220 g/mol. The quantitative estimate of drug-likeness (QED) is 0.790. The number of carbonyl (C=O) groups excluding carboxylic acids is 1. The van der Waals surface area contributed by atoms with Gasteiger partial charge in [0.05, 0.1) is 6.04 Å². The van der Waals surface area contributed by atoms with E-state index in [1.807, 2.05) is 11.9 Å². The summed E-state index contributed by atoms with van der Waals surface area (Å²) in [6.45, 7) is 1.35. The zero-order valence-electron chi connectivity index (χ0n) is 10.3. The van der Waals surface area contributed by atoms with Gasteiger partial charge in [-0.15, -0.1) is 0 Å². The minimum absolute atomic E-state index is 0.0623. The highest BCUT2D eigenvalue weighted by Gasteiger charge is 2.40. The van der Waals surface area contributed by atoms with Crippen molar-refractivity contribution in [2.75, 3.05) is 20.1 Å². The summed E-state index contributed by atoms with van der Waals surface area (Å²) in [5.74, 6) is -0.131. The number of hydrogen-bond donors (Lipinski definition) is 1. The Morgan fingerprint density at radius 3 is 2.71 bits per heavy atom. The molecule has 1 heterocycles. The second kappa shape index (κ2) is 4.94. The number of aliphatic carboxylic acids is 1. The zero-order chi connectivity index (χ0) is 12.4. The molecule has 1 atom stereocenters. The van der Waals surface area contributed by atoms with E-state index >= 15 is 0 Å². The first kappa shape index (κ1) is 12.2. The van der Waals surface area contributed by atoms with Crippen LogP contribution in [0.5, 0.6) is 0 Å². The van der Waals surface area contributed by atoms with E-state index in [0.29, 0.717) is 24.9 Å². The van der Waals surface area contributed by atoms with Gasteiger partial charge in [-0.3, -0.25) is 4.79 Å². The normalized spacial score (nSPS) is 25.2. The van der Waals surface area contributed by atoms with E-state index < -0.39 is 5.97 Å². The molecule has 0 aromatic rings. The smallest absolute Gasteiger partial charge is 0.320 e. The standard InChI is InChI=1S/C12H20N2O3/c1-13-10(9-4-2-5-9)8-14(12(13)17)7-3-6-11(15)16/h9-10H,2-8H2,1H3,(H,15,16). The first-order chi connectivity index (χ1) is 8.09. The van der Waals surface area contributed by atoms with Crippen molar-refractivity contribution < 1.29 is 14.7 Å². The first-order valence-electron chi connectivity index (χ1n) is 6.33. The molecular formula is C12H20N2O3. The lowest BCUT2D eigenvalue weighted by molar-refractivity contribution is -0.137. The maximum Gasteiger partial charge on any atom is 0.320 e. The van der Waals surface area contributed by atoms with Crippen LogP contribution >= 0.6 is 0 Å². The van der Waals surface area contributed by atoms with Crippen LogP contribution in [0.1, 0.15) is 32.1 Å². The molecule has 1 N–H and O–H groups in total. The van der Waals surface area contributed by atoms with Gasteiger partial charge in [-0.1, -0.05) is 6.42 Å². The van der Waals surface area contributed by atoms with Gasteiger partial charge >= 0.3 is 12.0 Å². The molecule has 1 saturated heterocycles. The predicted octanol–water partition coefficient (Wildman–Crippen LogP) is 1.39. The van der Waals surface area contributed by atoms with Crippen LogP contribution in [0.25, 0.3) is 0 Å². The maximum absolute atomic E-state index is 11.9.